The van der Waals surface area contributed by atoms with Crippen LogP contribution in [0.3, 0.4) is 0 Å². The van der Waals surface area contributed by atoms with Crippen LogP contribution in [0.2, 0.25) is 0 Å². The van der Waals surface area contributed by atoms with E-state index in [2.05, 4.69) is 38.8 Å². The molecule has 114 valence electrons. The van der Waals surface area contributed by atoms with Gasteiger partial charge in [0, 0.05) is 51.7 Å². The highest BCUT2D eigenvalue weighted by atomic mass is 15.3. The number of nitrogens with two attached hydrogens (primary N) is 1. The molecule has 3 rings (SSSR count). The first-order valence-corrected chi connectivity index (χ1v) is 7.35. The Kier molecular flexibility index (Phi) is 3.94. The second-order valence-electron chi connectivity index (χ2n) is 5.78. The molecule has 0 radical (unpaired) electrons. The molecule has 0 aromatic carbocycles. The lowest BCUT2D eigenvalue weighted by Gasteiger charge is -2.35. The van der Waals surface area contributed by atoms with E-state index >= 15 is 0 Å². The summed E-state index contributed by atoms with van der Waals surface area (Å²) in [7, 11) is 4.23. The van der Waals surface area contributed by atoms with Crippen LogP contribution in [0.4, 0.5) is 11.6 Å². The Morgan fingerprint density at radius 3 is 2.71 bits per heavy atom. The number of imidazole rings is 1. The van der Waals surface area contributed by atoms with Gasteiger partial charge in [0.15, 0.2) is 11.5 Å². The number of hydrogen-bond donors (Lipinski definition) is 1. The van der Waals surface area contributed by atoms with Crippen molar-refractivity contribution in [1.29, 1.82) is 0 Å². The molecule has 0 atom stereocenters. The topological polar surface area (TPSA) is 65.9 Å². The third-order valence-corrected chi connectivity index (χ3v) is 3.91. The molecule has 7 heteroatoms. The van der Waals surface area contributed by atoms with Gasteiger partial charge in [0.2, 0.25) is 0 Å². The highest BCUT2D eigenvalue weighted by Gasteiger charge is 2.20. The molecule has 1 aliphatic rings. The van der Waals surface area contributed by atoms with Gasteiger partial charge in [-0.05, 0) is 14.1 Å². The van der Waals surface area contributed by atoms with Crippen molar-refractivity contribution in [2.75, 3.05) is 64.0 Å². The third kappa shape index (κ3) is 3.08. The fourth-order valence-corrected chi connectivity index (χ4v) is 2.67. The van der Waals surface area contributed by atoms with Crippen LogP contribution < -0.4 is 10.6 Å². The first kappa shape index (κ1) is 14.1. The van der Waals surface area contributed by atoms with Crippen LogP contribution >= 0.6 is 0 Å². The maximum atomic E-state index is 5.90. The first-order chi connectivity index (χ1) is 10.1. The van der Waals surface area contributed by atoms with Crippen LogP contribution in [0.5, 0.6) is 0 Å². The minimum Gasteiger partial charge on any atom is -0.382 e. The van der Waals surface area contributed by atoms with E-state index in [1.807, 2.05) is 10.6 Å². The second-order valence-corrected chi connectivity index (χ2v) is 5.78. The maximum Gasteiger partial charge on any atom is 0.180 e. The Labute approximate surface area is 125 Å². The molecule has 0 bridgehead atoms. The summed E-state index contributed by atoms with van der Waals surface area (Å²) < 4.78 is 1.94. The number of nitrogen functional groups attached to an aromatic ring is 1. The van der Waals surface area contributed by atoms with Crippen molar-refractivity contribution in [2.24, 2.45) is 0 Å². The third-order valence-electron chi connectivity index (χ3n) is 3.91. The molecular formula is C14H23N7. The number of piperazine rings is 1. The zero-order valence-corrected chi connectivity index (χ0v) is 12.7. The molecule has 0 amide bonds. The van der Waals surface area contributed by atoms with Crippen LogP contribution in [0.15, 0.2) is 18.6 Å². The molecule has 7 nitrogen and oxygen atoms in total. The maximum absolute atomic E-state index is 5.90. The summed E-state index contributed by atoms with van der Waals surface area (Å²) in [5, 5.41) is 0. The Hall–Kier alpha value is -1.86. The largest absolute Gasteiger partial charge is 0.382 e. The van der Waals surface area contributed by atoms with E-state index in [0.717, 1.165) is 50.7 Å². The molecule has 2 aromatic rings. The van der Waals surface area contributed by atoms with E-state index in [-0.39, 0.29) is 0 Å². The number of aromatic nitrogens is 3. The zero-order valence-electron chi connectivity index (χ0n) is 12.7. The zero-order chi connectivity index (χ0) is 14.8. The van der Waals surface area contributed by atoms with E-state index in [0.29, 0.717) is 5.82 Å². The summed E-state index contributed by atoms with van der Waals surface area (Å²) in [6.45, 7) is 6.25. The molecule has 3 heterocycles. The van der Waals surface area contributed by atoms with E-state index in [1.54, 1.807) is 12.4 Å². The molecule has 2 aromatic heterocycles. The normalized spacial score (nSPS) is 17.0. The SMILES string of the molecule is CN(C)CCN1CCN(c2nc(N)cn3ccnc23)CC1. The smallest absolute Gasteiger partial charge is 0.180 e. The van der Waals surface area contributed by atoms with Gasteiger partial charge in [-0.25, -0.2) is 9.97 Å². The number of fused-ring (bicyclic) bond motifs is 1. The van der Waals surface area contributed by atoms with Crippen LogP contribution in [-0.2, 0) is 0 Å². The van der Waals surface area contributed by atoms with Crippen molar-refractivity contribution in [2.45, 2.75) is 0 Å². The van der Waals surface area contributed by atoms with E-state index in [1.165, 1.54) is 0 Å². The second kappa shape index (κ2) is 5.87. The number of likely N-dealkylation sites (N-methyl/N-ethyl adjacent to an activating group) is 1. The van der Waals surface area contributed by atoms with Gasteiger partial charge in [0.05, 0.1) is 6.20 Å². The quantitative estimate of drug-likeness (QED) is 0.854. The van der Waals surface area contributed by atoms with Crippen LogP contribution in [0.1, 0.15) is 0 Å². The summed E-state index contributed by atoms with van der Waals surface area (Å²) in [5.41, 5.74) is 6.78. The van der Waals surface area contributed by atoms with Crippen molar-refractivity contribution >= 4 is 17.3 Å². The Bertz CT molecular complexity index is 598. The summed E-state index contributed by atoms with van der Waals surface area (Å²) >= 11 is 0. The first-order valence-electron chi connectivity index (χ1n) is 7.35. The Morgan fingerprint density at radius 1 is 1.24 bits per heavy atom. The van der Waals surface area contributed by atoms with Crippen molar-refractivity contribution in [3.63, 3.8) is 0 Å². The molecule has 0 unspecified atom stereocenters. The molecular weight excluding hydrogens is 266 g/mol. The number of anilines is 2. The van der Waals surface area contributed by atoms with Crippen LogP contribution in [0, 0.1) is 0 Å². The van der Waals surface area contributed by atoms with Crippen LogP contribution in [-0.4, -0.2) is 77.5 Å². The number of rotatable bonds is 4. The highest BCUT2D eigenvalue weighted by molar-refractivity contribution is 5.66. The molecule has 0 saturated carbocycles. The molecule has 0 spiro atoms. The van der Waals surface area contributed by atoms with E-state index in [9.17, 15) is 0 Å². The van der Waals surface area contributed by atoms with Crippen molar-refractivity contribution < 1.29 is 0 Å². The summed E-state index contributed by atoms with van der Waals surface area (Å²) in [6, 6.07) is 0. The molecule has 1 aliphatic heterocycles. The molecule has 0 aliphatic carbocycles. The fraction of sp³-hybridized carbons (Fsp3) is 0.571. The van der Waals surface area contributed by atoms with E-state index in [4.69, 9.17) is 5.73 Å². The lowest BCUT2D eigenvalue weighted by Crippen LogP contribution is -2.48. The van der Waals surface area contributed by atoms with Gasteiger partial charge in [-0.15, -0.1) is 0 Å². The minimum atomic E-state index is 0.533. The van der Waals surface area contributed by atoms with Gasteiger partial charge in [0.1, 0.15) is 5.82 Å². The average Bonchev–Trinajstić information content (AvgIpc) is 2.93. The molecule has 1 fully saturated rings. The van der Waals surface area contributed by atoms with Gasteiger partial charge in [-0.2, -0.15) is 0 Å². The Morgan fingerprint density at radius 2 is 2.00 bits per heavy atom. The standard InChI is InChI=1S/C14H23N7/c1-18(2)5-6-19-7-9-20(10-8-19)14-13-16-3-4-21(13)11-12(15)17-14/h3-4,11H,5-10,15H2,1-2H3. The van der Waals surface area contributed by atoms with Gasteiger partial charge in [0.25, 0.3) is 0 Å². The molecule has 21 heavy (non-hydrogen) atoms. The van der Waals surface area contributed by atoms with Crippen molar-refractivity contribution in [3.05, 3.63) is 18.6 Å². The number of nitrogens with zero attached hydrogens (tertiary/aromatic N) is 6. The molecule has 1 saturated heterocycles. The molecule has 2 N–H and O–H groups in total. The van der Waals surface area contributed by atoms with Crippen LogP contribution in [0.25, 0.3) is 5.65 Å². The lowest BCUT2D eigenvalue weighted by molar-refractivity contribution is 0.229. The predicted octanol–water partition coefficient (Wildman–Crippen LogP) is -0.00490. The fourth-order valence-electron chi connectivity index (χ4n) is 2.67. The minimum absolute atomic E-state index is 0.533. The summed E-state index contributed by atoms with van der Waals surface area (Å²) in [5.74, 6) is 1.43. The average molecular weight is 289 g/mol. The van der Waals surface area contributed by atoms with Gasteiger partial charge >= 0.3 is 0 Å². The van der Waals surface area contributed by atoms with Crippen molar-refractivity contribution in [1.82, 2.24) is 24.2 Å². The van der Waals surface area contributed by atoms with E-state index < -0.39 is 0 Å². The van der Waals surface area contributed by atoms with Gasteiger partial charge < -0.3 is 19.9 Å². The number of hydrogen-bond acceptors (Lipinski definition) is 6. The monoisotopic (exact) mass is 289 g/mol. The highest BCUT2D eigenvalue weighted by Crippen LogP contribution is 2.20. The van der Waals surface area contributed by atoms with Crippen molar-refractivity contribution in [3.8, 4) is 0 Å². The van der Waals surface area contributed by atoms with Gasteiger partial charge in [-0.3, -0.25) is 4.90 Å². The Balaban J connectivity index is 1.69. The summed E-state index contributed by atoms with van der Waals surface area (Å²) in [4.78, 5) is 15.9. The summed E-state index contributed by atoms with van der Waals surface area (Å²) in [6.07, 6.45) is 5.50. The lowest BCUT2D eigenvalue weighted by atomic mass is 10.3. The predicted molar refractivity (Wildman–Crippen MR) is 84.6 cm³/mol. The van der Waals surface area contributed by atoms with Gasteiger partial charge in [-0.1, -0.05) is 0 Å².